The summed E-state index contributed by atoms with van der Waals surface area (Å²) in [4.78, 5) is 11.4. The molecule has 0 aliphatic carbocycles. The number of amides is 1. The zero-order valence-corrected chi connectivity index (χ0v) is 11.3. The van der Waals surface area contributed by atoms with Crippen LogP contribution in [0, 0.1) is 5.82 Å². The maximum absolute atomic E-state index is 12.9. The highest BCUT2D eigenvalue weighted by atomic mass is 32.2. The zero-order valence-electron chi connectivity index (χ0n) is 10.4. The normalized spacial score (nSPS) is 12.1. The van der Waals surface area contributed by atoms with Crippen LogP contribution >= 0.6 is 0 Å². The number of carbonyl (C=O) groups is 1. The molecule has 0 spiro atoms. The Morgan fingerprint density at radius 2 is 2.22 bits per heavy atom. The first-order valence-electron chi connectivity index (χ1n) is 5.98. The molecular formula is C13H18FNO2S. The standard InChI is InChI=1S/C13H18FNO2S/c1-2-3-7-15-13(16)10-18(17)9-11-5-4-6-12(14)8-11/h4-6,8H,2-3,7,9-10H2,1H3,(H,15,16)/t18-/m1/s1. The summed E-state index contributed by atoms with van der Waals surface area (Å²) in [6.45, 7) is 2.65. The van der Waals surface area contributed by atoms with Crippen LogP contribution in [0.25, 0.3) is 0 Å². The molecule has 0 aromatic heterocycles. The van der Waals surface area contributed by atoms with Crippen LogP contribution in [0.4, 0.5) is 4.39 Å². The summed E-state index contributed by atoms with van der Waals surface area (Å²) < 4.78 is 24.6. The van der Waals surface area contributed by atoms with Crippen molar-refractivity contribution in [3.63, 3.8) is 0 Å². The van der Waals surface area contributed by atoms with Crippen molar-refractivity contribution >= 4 is 16.7 Å². The molecule has 0 saturated carbocycles. The van der Waals surface area contributed by atoms with Crippen LogP contribution in [0.1, 0.15) is 25.3 Å². The lowest BCUT2D eigenvalue weighted by molar-refractivity contribution is -0.118. The van der Waals surface area contributed by atoms with Crippen molar-refractivity contribution in [2.45, 2.75) is 25.5 Å². The average Bonchev–Trinajstić information content (AvgIpc) is 2.29. The van der Waals surface area contributed by atoms with Crippen molar-refractivity contribution in [2.75, 3.05) is 12.3 Å². The fourth-order valence-electron chi connectivity index (χ4n) is 1.47. The van der Waals surface area contributed by atoms with Crippen molar-refractivity contribution in [1.29, 1.82) is 0 Å². The molecule has 0 fully saturated rings. The summed E-state index contributed by atoms with van der Waals surface area (Å²) in [5, 5.41) is 2.71. The SMILES string of the molecule is CCCCNC(=O)C[S@](=O)Cc1cccc(F)c1. The van der Waals surface area contributed by atoms with Gasteiger partial charge in [0.15, 0.2) is 0 Å². The molecule has 0 saturated heterocycles. The number of benzene rings is 1. The van der Waals surface area contributed by atoms with Crippen LogP contribution in [-0.4, -0.2) is 22.4 Å². The van der Waals surface area contributed by atoms with Gasteiger partial charge in [-0.05, 0) is 24.1 Å². The van der Waals surface area contributed by atoms with Gasteiger partial charge < -0.3 is 5.32 Å². The van der Waals surface area contributed by atoms with Crippen molar-refractivity contribution in [1.82, 2.24) is 5.32 Å². The number of nitrogens with one attached hydrogen (secondary N) is 1. The van der Waals surface area contributed by atoms with E-state index >= 15 is 0 Å². The predicted molar refractivity (Wildman–Crippen MR) is 71.0 cm³/mol. The van der Waals surface area contributed by atoms with E-state index in [1.165, 1.54) is 12.1 Å². The lowest BCUT2D eigenvalue weighted by atomic mass is 10.2. The number of carbonyl (C=O) groups excluding carboxylic acids is 1. The van der Waals surface area contributed by atoms with Crippen LogP contribution in [-0.2, 0) is 21.3 Å². The van der Waals surface area contributed by atoms with Crippen LogP contribution < -0.4 is 5.32 Å². The van der Waals surface area contributed by atoms with Crippen molar-refractivity contribution < 1.29 is 13.4 Å². The van der Waals surface area contributed by atoms with Crippen LogP contribution in [0.15, 0.2) is 24.3 Å². The number of hydrogen-bond acceptors (Lipinski definition) is 2. The van der Waals surface area contributed by atoms with Gasteiger partial charge in [0.25, 0.3) is 0 Å². The molecule has 1 atom stereocenters. The summed E-state index contributed by atoms with van der Waals surface area (Å²) >= 11 is 0. The Morgan fingerprint density at radius 1 is 1.44 bits per heavy atom. The molecule has 1 rings (SSSR count). The Hall–Kier alpha value is -1.23. The minimum atomic E-state index is -1.29. The quantitative estimate of drug-likeness (QED) is 0.771. The van der Waals surface area contributed by atoms with E-state index < -0.39 is 10.8 Å². The van der Waals surface area contributed by atoms with Gasteiger partial charge in [-0.3, -0.25) is 9.00 Å². The molecule has 0 unspecified atom stereocenters. The van der Waals surface area contributed by atoms with Crippen molar-refractivity contribution in [2.24, 2.45) is 0 Å². The van der Waals surface area contributed by atoms with Crippen molar-refractivity contribution in [3.8, 4) is 0 Å². The van der Waals surface area contributed by atoms with E-state index in [1.807, 2.05) is 6.92 Å². The Kier molecular flexibility index (Phi) is 6.57. The van der Waals surface area contributed by atoms with Gasteiger partial charge in [0.2, 0.25) is 5.91 Å². The molecule has 1 N–H and O–H groups in total. The van der Waals surface area contributed by atoms with Crippen molar-refractivity contribution in [3.05, 3.63) is 35.6 Å². The van der Waals surface area contributed by atoms with Gasteiger partial charge in [-0.2, -0.15) is 0 Å². The Balaban J connectivity index is 2.35. The molecule has 3 nitrogen and oxygen atoms in total. The predicted octanol–water partition coefficient (Wildman–Crippen LogP) is 1.99. The first kappa shape index (κ1) is 14.8. The average molecular weight is 271 g/mol. The molecule has 0 aliphatic rings. The van der Waals surface area contributed by atoms with E-state index in [-0.39, 0.29) is 23.2 Å². The van der Waals surface area contributed by atoms with Crippen LogP contribution in [0.2, 0.25) is 0 Å². The number of rotatable bonds is 7. The van der Waals surface area contributed by atoms with Gasteiger partial charge in [0, 0.05) is 23.1 Å². The molecule has 1 aromatic rings. The Morgan fingerprint density at radius 3 is 2.89 bits per heavy atom. The van der Waals surface area contributed by atoms with E-state index in [2.05, 4.69) is 5.32 Å². The summed E-state index contributed by atoms with van der Waals surface area (Å²) in [5.74, 6) is -0.380. The number of hydrogen-bond donors (Lipinski definition) is 1. The fourth-order valence-corrected chi connectivity index (χ4v) is 2.51. The maximum atomic E-state index is 12.9. The molecule has 100 valence electrons. The van der Waals surface area contributed by atoms with Crippen LogP contribution in [0.5, 0.6) is 0 Å². The third kappa shape index (κ3) is 5.91. The molecule has 0 radical (unpaired) electrons. The smallest absolute Gasteiger partial charge is 0.232 e. The van der Waals surface area contributed by atoms with Gasteiger partial charge in [-0.15, -0.1) is 0 Å². The highest BCUT2D eigenvalue weighted by Crippen LogP contribution is 2.06. The molecule has 0 aliphatic heterocycles. The second-order valence-electron chi connectivity index (χ2n) is 4.06. The van der Waals surface area contributed by atoms with Gasteiger partial charge in [0.1, 0.15) is 11.6 Å². The van der Waals surface area contributed by atoms with Gasteiger partial charge in [0.05, 0.1) is 0 Å². The molecule has 1 amide bonds. The lowest BCUT2D eigenvalue weighted by Crippen LogP contribution is -2.29. The summed E-state index contributed by atoms with van der Waals surface area (Å²) in [5.41, 5.74) is 0.648. The minimum Gasteiger partial charge on any atom is -0.355 e. The van der Waals surface area contributed by atoms with E-state index in [0.29, 0.717) is 12.1 Å². The summed E-state index contributed by atoms with van der Waals surface area (Å²) in [6, 6.07) is 5.95. The van der Waals surface area contributed by atoms with Gasteiger partial charge in [-0.1, -0.05) is 25.5 Å². The lowest BCUT2D eigenvalue weighted by Gasteiger charge is -2.04. The summed E-state index contributed by atoms with van der Waals surface area (Å²) in [6.07, 6.45) is 1.93. The second-order valence-corrected chi connectivity index (χ2v) is 5.52. The topological polar surface area (TPSA) is 46.2 Å². The molecular weight excluding hydrogens is 253 g/mol. The largest absolute Gasteiger partial charge is 0.355 e. The maximum Gasteiger partial charge on any atom is 0.232 e. The number of unbranched alkanes of at least 4 members (excludes halogenated alkanes) is 1. The van der Waals surface area contributed by atoms with E-state index in [9.17, 15) is 13.4 Å². The number of halogens is 1. The van der Waals surface area contributed by atoms with E-state index in [4.69, 9.17) is 0 Å². The molecule has 18 heavy (non-hydrogen) atoms. The molecule has 0 bridgehead atoms. The third-order valence-electron chi connectivity index (χ3n) is 2.36. The monoisotopic (exact) mass is 271 g/mol. The second kappa shape index (κ2) is 7.97. The third-order valence-corrected chi connectivity index (χ3v) is 3.60. The van der Waals surface area contributed by atoms with E-state index in [0.717, 1.165) is 12.8 Å². The highest BCUT2D eigenvalue weighted by molar-refractivity contribution is 7.84. The Labute approximate surface area is 109 Å². The van der Waals surface area contributed by atoms with Gasteiger partial charge in [-0.25, -0.2) is 4.39 Å². The zero-order chi connectivity index (χ0) is 13.4. The summed E-state index contributed by atoms with van der Waals surface area (Å²) in [7, 11) is -1.29. The first-order valence-corrected chi connectivity index (χ1v) is 7.46. The van der Waals surface area contributed by atoms with Crippen LogP contribution in [0.3, 0.4) is 0 Å². The first-order chi connectivity index (χ1) is 8.61. The molecule has 5 heteroatoms. The molecule has 0 heterocycles. The fraction of sp³-hybridized carbons (Fsp3) is 0.462. The highest BCUT2D eigenvalue weighted by Gasteiger charge is 2.08. The minimum absolute atomic E-state index is 0.0276. The van der Waals surface area contributed by atoms with E-state index in [1.54, 1.807) is 12.1 Å². The van der Waals surface area contributed by atoms with Gasteiger partial charge >= 0.3 is 0 Å². The Bertz CT molecular complexity index is 423. The molecule has 1 aromatic carbocycles.